The lowest BCUT2D eigenvalue weighted by Crippen LogP contribution is -2.48. The molecule has 4 bridgehead atoms. The smallest absolute Gasteiger partial charge is 0.0541 e. The minimum Gasteiger partial charge on any atom is -0.310 e. The zero-order valence-corrected chi connectivity index (χ0v) is 32.8. The van der Waals surface area contributed by atoms with Crippen molar-refractivity contribution in [3.8, 4) is 27.9 Å². The lowest BCUT2D eigenvalue weighted by molar-refractivity contribution is -0.00518. The molecule has 0 spiro atoms. The predicted molar refractivity (Wildman–Crippen MR) is 244 cm³/mol. The van der Waals surface area contributed by atoms with E-state index >= 15 is 0 Å². The van der Waals surface area contributed by atoms with Crippen molar-refractivity contribution in [2.75, 3.05) is 4.90 Å². The van der Waals surface area contributed by atoms with Gasteiger partial charge < -0.3 is 9.47 Å². The van der Waals surface area contributed by atoms with Crippen LogP contribution < -0.4 is 4.90 Å². The lowest BCUT2D eigenvalue weighted by atomic mass is 9.48. The summed E-state index contributed by atoms with van der Waals surface area (Å²) < 4.78 is 2.43. The van der Waals surface area contributed by atoms with E-state index in [1.807, 2.05) is 0 Å². The molecule has 4 fully saturated rings. The molecule has 4 saturated carbocycles. The molecule has 9 aromatic rings. The van der Waals surface area contributed by atoms with Crippen LogP contribution in [0.5, 0.6) is 0 Å². The number of fused-ring (bicyclic) bond motifs is 4. The van der Waals surface area contributed by atoms with Gasteiger partial charge in [0.2, 0.25) is 0 Å². The second-order valence-corrected chi connectivity index (χ2v) is 17.6. The van der Waals surface area contributed by atoms with Gasteiger partial charge in [0.15, 0.2) is 0 Å². The average Bonchev–Trinajstić information content (AvgIpc) is 3.61. The first-order valence-electron chi connectivity index (χ1n) is 21.3. The monoisotopic (exact) mass is 746 g/mol. The molecule has 0 N–H and O–H groups in total. The van der Waals surface area contributed by atoms with Crippen LogP contribution in [0.3, 0.4) is 0 Å². The van der Waals surface area contributed by atoms with Crippen LogP contribution in [0, 0.1) is 17.8 Å². The summed E-state index contributed by atoms with van der Waals surface area (Å²) >= 11 is 0. The topological polar surface area (TPSA) is 8.17 Å². The molecule has 2 heteroatoms. The standard InChI is InChI=1S/C56H46N2/c1-2-11-41(12-3-1)49-19-8-13-43-14-9-20-50(55(43)49)42-23-27-45(28-24-42)57(46-29-25-44(26-30-46)56-35-38-31-39(36-56)33-40(32-38)37-56)47-15-10-16-48(34-47)58-53-21-6-4-17-51(53)52-18-5-7-22-54(52)58/h1-30,34,38-40H,31-33,35-37H2. The Morgan fingerprint density at radius 3 is 1.55 bits per heavy atom. The molecule has 0 atom stereocenters. The van der Waals surface area contributed by atoms with Crippen molar-refractivity contribution in [3.05, 3.63) is 194 Å². The zero-order valence-electron chi connectivity index (χ0n) is 32.8. The molecule has 0 radical (unpaired) electrons. The Balaban J connectivity index is 0.985. The molecule has 0 unspecified atom stereocenters. The number of para-hydroxylation sites is 2. The lowest BCUT2D eigenvalue weighted by Gasteiger charge is -2.57. The largest absolute Gasteiger partial charge is 0.310 e. The molecule has 4 aliphatic rings. The van der Waals surface area contributed by atoms with Crippen molar-refractivity contribution in [1.29, 1.82) is 0 Å². The van der Waals surface area contributed by atoms with Crippen LogP contribution in [-0.2, 0) is 5.41 Å². The van der Waals surface area contributed by atoms with Crippen molar-refractivity contribution < 1.29 is 0 Å². The van der Waals surface area contributed by atoms with Gasteiger partial charge in [-0.05, 0) is 155 Å². The third kappa shape index (κ3) is 5.46. The number of hydrogen-bond acceptors (Lipinski definition) is 1. The van der Waals surface area contributed by atoms with Crippen LogP contribution in [0.4, 0.5) is 17.1 Å². The van der Waals surface area contributed by atoms with Gasteiger partial charge in [-0.1, -0.05) is 133 Å². The highest BCUT2D eigenvalue weighted by atomic mass is 15.1. The maximum Gasteiger partial charge on any atom is 0.0541 e. The van der Waals surface area contributed by atoms with E-state index in [0.29, 0.717) is 5.41 Å². The molecule has 280 valence electrons. The first kappa shape index (κ1) is 33.7. The van der Waals surface area contributed by atoms with Gasteiger partial charge >= 0.3 is 0 Å². The molecule has 0 aliphatic heterocycles. The fourth-order valence-electron chi connectivity index (χ4n) is 12.1. The second-order valence-electron chi connectivity index (χ2n) is 17.6. The first-order chi connectivity index (χ1) is 28.7. The van der Waals surface area contributed by atoms with E-state index in [0.717, 1.165) is 34.8 Å². The van der Waals surface area contributed by atoms with Gasteiger partial charge in [-0.3, -0.25) is 0 Å². The van der Waals surface area contributed by atoms with E-state index in [9.17, 15) is 0 Å². The Morgan fingerprint density at radius 1 is 0.431 bits per heavy atom. The Hall–Kier alpha value is -6.38. The number of rotatable bonds is 7. The van der Waals surface area contributed by atoms with E-state index < -0.39 is 0 Å². The Labute approximate surface area is 341 Å². The normalized spacial score (nSPS) is 20.9. The number of aromatic nitrogens is 1. The SMILES string of the molecule is c1ccc(-c2cccc3cccc(-c4ccc(N(c5ccc(C67CC8CC(CC(C8)C6)C7)cc5)c5cccc(-n6c7ccccc7c7ccccc76)c5)cc4)c23)cc1. The highest BCUT2D eigenvalue weighted by Gasteiger charge is 2.51. The van der Waals surface area contributed by atoms with Gasteiger partial charge in [-0.25, -0.2) is 0 Å². The third-order valence-corrected chi connectivity index (χ3v) is 14.1. The molecular formula is C56H46N2. The zero-order chi connectivity index (χ0) is 38.2. The number of nitrogens with zero attached hydrogens (tertiary/aromatic N) is 2. The third-order valence-electron chi connectivity index (χ3n) is 14.1. The van der Waals surface area contributed by atoms with Crippen molar-refractivity contribution in [1.82, 2.24) is 4.57 Å². The number of benzene rings is 8. The van der Waals surface area contributed by atoms with E-state index in [2.05, 4.69) is 198 Å². The predicted octanol–water partition coefficient (Wildman–Crippen LogP) is 15.2. The summed E-state index contributed by atoms with van der Waals surface area (Å²) in [7, 11) is 0. The summed E-state index contributed by atoms with van der Waals surface area (Å²) in [6.07, 6.45) is 8.54. The van der Waals surface area contributed by atoms with E-state index in [1.54, 1.807) is 5.56 Å². The minimum absolute atomic E-state index is 0.368. The van der Waals surface area contributed by atoms with Gasteiger partial charge in [0.1, 0.15) is 0 Å². The van der Waals surface area contributed by atoms with Crippen LogP contribution in [-0.4, -0.2) is 4.57 Å². The van der Waals surface area contributed by atoms with Crippen molar-refractivity contribution >= 4 is 49.6 Å². The molecule has 2 nitrogen and oxygen atoms in total. The highest BCUT2D eigenvalue weighted by Crippen LogP contribution is 2.61. The number of anilines is 3. The fourth-order valence-corrected chi connectivity index (χ4v) is 12.1. The van der Waals surface area contributed by atoms with Crippen molar-refractivity contribution in [3.63, 3.8) is 0 Å². The van der Waals surface area contributed by atoms with Gasteiger partial charge in [-0.2, -0.15) is 0 Å². The molecule has 1 aromatic heterocycles. The molecule has 0 amide bonds. The molecule has 8 aromatic carbocycles. The maximum atomic E-state index is 2.49. The van der Waals surface area contributed by atoms with E-state index in [1.165, 1.54) is 99.0 Å². The molecule has 1 heterocycles. The van der Waals surface area contributed by atoms with Crippen LogP contribution >= 0.6 is 0 Å². The molecule has 0 saturated heterocycles. The Bertz CT molecular complexity index is 2880. The molecule has 13 rings (SSSR count). The van der Waals surface area contributed by atoms with Crippen LogP contribution in [0.1, 0.15) is 44.1 Å². The van der Waals surface area contributed by atoms with E-state index in [4.69, 9.17) is 0 Å². The summed E-state index contributed by atoms with van der Waals surface area (Å²) in [5.74, 6) is 2.78. The first-order valence-corrected chi connectivity index (χ1v) is 21.3. The van der Waals surface area contributed by atoms with Crippen molar-refractivity contribution in [2.24, 2.45) is 17.8 Å². The second kappa shape index (κ2) is 13.4. The van der Waals surface area contributed by atoms with Gasteiger partial charge in [0.05, 0.1) is 11.0 Å². The Kier molecular flexibility index (Phi) is 7.76. The summed E-state index contributed by atoms with van der Waals surface area (Å²) in [5, 5.41) is 5.10. The van der Waals surface area contributed by atoms with Gasteiger partial charge in [-0.15, -0.1) is 0 Å². The summed E-state index contributed by atoms with van der Waals surface area (Å²) in [5.41, 5.74) is 14.0. The quantitative estimate of drug-likeness (QED) is 0.158. The van der Waals surface area contributed by atoms with Gasteiger partial charge in [0.25, 0.3) is 0 Å². The van der Waals surface area contributed by atoms with Crippen LogP contribution in [0.15, 0.2) is 188 Å². The molecular weight excluding hydrogens is 701 g/mol. The van der Waals surface area contributed by atoms with Crippen LogP contribution in [0.2, 0.25) is 0 Å². The summed E-state index contributed by atoms with van der Waals surface area (Å²) in [6.45, 7) is 0. The van der Waals surface area contributed by atoms with Crippen LogP contribution in [0.25, 0.3) is 60.5 Å². The fraction of sp³-hybridized carbons (Fsp3) is 0.179. The highest BCUT2D eigenvalue weighted by molar-refractivity contribution is 6.09. The summed E-state index contributed by atoms with van der Waals surface area (Å²) in [4.78, 5) is 2.46. The summed E-state index contributed by atoms with van der Waals surface area (Å²) in [6, 6.07) is 69.9. The Morgan fingerprint density at radius 2 is 0.948 bits per heavy atom. The molecule has 58 heavy (non-hydrogen) atoms. The van der Waals surface area contributed by atoms with Crippen molar-refractivity contribution in [2.45, 2.75) is 43.9 Å². The molecule has 4 aliphatic carbocycles. The number of hydrogen-bond donors (Lipinski definition) is 0. The van der Waals surface area contributed by atoms with Gasteiger partial charge in [0, 0.05) is 33.5 Å². The minimum atomic E-state index is 0.368. The average molecular weight is 747 g/mol. The maximum absolute atomic E-state index is 2.49. The van der Waals surface area contributed by atoms with E-state index in [-0.39, 0.29) is 0 Å².